The summed E-state index contributed by atoms with van der Waals surface area (Å²) in [5.41, 5.74) is 7.10. The zero-order valence-electron chi connectivity index (χ0n) is 11.6. The lowest BCUT2D eigenvalue weighted by molar-refractivity contribution is 0.759. The van der Waals surface area contributed by atoms with Crippen molar-refractivity contribution in [3.63, 3.8) is 0 Å². The SMILES string of the molecule is Cc1nn(C)c2c1[nH]c(=S)n2-c1ccc2c(c1)CCC2. The van der Waals surface area contributed by atoms with Crippen LogP contribution in [0, 0.1) is 11.7 Å². The van der Waals surface area contributed by atoms with Gasteiger partial charge in [0.05, 0.1) is 11.4 Å². The zero-order chi connectivity index (χ0) is 13.9. The molecule has 0 atom stereocenters. The van der Waals surface area contributed by atoms with Crippen molar-refractivity contribution in [2.45, 2.75) is 26.2 Å². The van der Waals surface area contributed by atoms with Gasteiger partial charge in [-0.1, -0.05) is 6.07 Å². The molecular formula is C15H16N4S. The Labute approximate surface area is 122 Å². The highest BCUT2D eigenvalue weighted by Gasteiger charge is 2.16. The Hall–Kier alpha value is -1.88. The van der Waals surface area contributed by atoms with E-state index in [9.17, 15) is 0 Å². The van der Waals surface area contributed by atoms with E-state index in [-0.39, 0.29) is 0 Å². The number of nitrogens with zero attached hydrogens (tertiary/aromatic N) is 3. The minimum Gasteiger partial charge on any atom is -0.327 e. The van der Waals surface area contributed by atoms with Crippen molar-refractivity contribution in [1.29, 1.82) is 0 Å². The lowest BCUT2D eigenvalue weighted by Crippen LogP contribution is -2.01. The molecular weight excluding hydrogens is 268 g/mol. The summed E-state index contributed by atoms with van der Waals surface area (Å²) in [6.45, 7) is 2.00. The highest BCUT2D eigenvalue weighted by molar-refractivity contribution is 7.71. The molecule has 2 aromatic heterocycles. The van der Waals surface area contributed by atoms with E-state index in [4.69, 9.17) is 12.2 Å². The van der Waals surface area contributed by atoms with Crippen LogP contribution in [0.1, 0.15) is 23.2 Å². The molecule has 0 spiro atoms. The molecule has 102 valence electrons. The van der Waals surface area contributed by atoms with Gasteiger partial charge < -0.3 is 4.98 Å². The summed E-state index contributed by atoms with van der Waals surface area (Å²) >= 11 is 5.50. The number of aromatic amines is 1. The van der Waals surface area contributed by atoms with Gasteiger partial charge in [-0.25, -0.2) is 4.68 Å². The van der Waals surface area contributed by atoms with Crippen molar-refractivity contribution in [2.75, 3.05) is 0 Å². The van der Waals surface area contributed by atoms with Gasteiger partial charge in [0.15, 0.2) is 10.4 Å². The van der Waals surface area contributed by atoms with Gasteiger partial charge in [0.25, 0.3) is 0 Å². The molecule has 3 aromatic rings. The maximum atomic E-state index is 5.50. The lowest BCUT2D eigenvalue weighted by Gasteiger charge is -2.07. The summed E-state index contributed by atoms with van der Waals surface area (Å²) in [6.07, 6.45) is 3.64. The van der Waals surface area contributed by atoms with Crippen LogP contribution in [0.3, 0.4) is 0 Å². The molecule has 1 aliphatic carbocycles. The maximum absolute atomic E-state index is 5.50. The number of aromatic nitrogens is 4. The summed E-state index contributed by atoms with van der Waals surface area (Å²) < 4.78 is 4.71. The Morgan fingerprint density at radius 1 is 1.25 bits per heavy atom. The number of rotatable bonds is 1. The van der Waals surface area contributed by atoms with Gasteiger partial charge >= 0.3 is 0 Å². The smallest absolute Gasteiger partial charge is 0.184 e. The molecule has 0 aliphatic heterocycles. The molecule has 0 unspecified atom stereocenters. The van der Waals surface area contributed by atoms with Crippen LogP contribution in [-0.2, 0) is 19.9 Å². The topological polar surface area (TPSA) is 38.5 Å². The zero-order valence-corrected chi connectivity index (χ0v) is 12.4. The quantitative estimate of drug-likeness (QED) is 0.697. The summed E-state index contributed by atoms with van der Waals surface area (Å²) in [5, 5.41) is 4.47. The van der Waals surface area contributed by atoms with Gasteiger partial charge in [0.1, 0.15) is 5.52 Å². The second-order valence-corrected chi connectivity index (χ2v) is 5.87. The average molecular weight is 284 g/mol. The van der Waals surface area contributed by atoms with Crippen molar-refractivity contribution < 1.29 is 0 Å². The Morgan fingerprint density at radius 2 is 2.05 bits per heavy atom. The van der Waals surface area contributed by atoms with Gasteiger partial charge in [-0.05, 0) is 61.7 Å². The summed E-state index contributed by atoms with van der Waals surface area (Å²) in [5.74, 6) is 0. The van der Waals surface area contributed by atoms with E-state index < -0.39 is 0 Å². The molecule has 0 bridgehead atoms. The number of H-pyrrole nitrogens is 1. The maximum Gasteiger partial charge on any atom is 0.184 e. The van der Waals surface area contributed by atoms with Crippen molar-refractivity contribution >= 4 is 23.4 Å². The van der Waals surface area contributed by atoms with Gasteiger partial charge in [-0.3, -0.25) is 4.57 Å². The predicted molar refractivity (Wildman–Crippen MR) is 82.0 cm³/mol. The number of hydrogen-bond acceptors (Lipinski definition) is 2. The minimum absolute atomic E-state index is 0.731. The largest absolute Gasteiger partial charge is 0.327 e. The Morgan fingerprint density at radius 3 is 2.90 bits per heavy atom. The van der Waals surface area contributed by atoms with E-state index in [1.807, 2.05) is 18.7 Å². The second-order valence-electron chi connectivity index (χ2n) is 5.48. The molecule has 0 saturated carbocycles. The van der Waals surface area contributed by atoms with Gasteiger partial charge in [0, 0.05) is 7.05 Å². The minimum atomic E-state index is 0.731. The van der Waals surface area contributed by atoms with Crippen LogP contribution < -0.4 is 0 Å². The van der Waals surface area contributed by atoms with Crippen LogP contribution >= 0.6 is 12.2 Å². The predicted octanol–water partition coefficient (Wildman–Crippen LogP) is 3.22. The van der Waals surface area contributed by atoms with Crippen LogP contribution in [0.2, 0.25) is 0 Å². The second kappa shape index (κ2) is 4.06. The lowest BCUT2D eigenvalue weighted by atomic mass is 10.1. The number of fused-ring (bicyclic) bond motifs is 2. The summed E-state index contributed by atoms with van der Waals surface area (Å²) in [6, 6.07) is 6.67. The van der Waals surface area contributed by atoms with Gasteiger partial charge in [-0.2, -0.15) is 5.10 Å². The van der Waals surface area contributed by atoms with Crippen molar-refractivity contribution in [3.05, 3.63) is 39.8 Å². The van der Waals surface area contributed by atoms with Gasteiger partial charge in [0.2, 0.25) is 0 Å². The molecule has 2 heterocycles. The van der Waals surface area contributed by atoms with E-state index in [0.717, 1.165) is 27.3 Å². The highest BCUT2D eigenvalue weighted by atomic mass is 32.1. The fourth-order valence-corrected chi connectivity index (χ4v) is 3.54. The first-order valence-electron chi connectivity index (χ1n) is 6.91. The van der Waals surface area contributed by atoms with E-state index >= 15 is 0 Å². The summed E-state index contributed by atoms with van der Waals surface area (Å²) in [4.78, 5) is 3.28. The number of aryl methyl sites for hydroxylation is 4. The molecule has 0 amide bonds. The normalized spacial score (nSPS) is 14.1. The Kier molecular flexibility index (Phi) is 2.41. The van der Waals surface area contributed by atoms with E-state index in [0.29, 0.717) is 0 Å². The monoisotopic (exact) mass is 284 g/mol. The standard InChI is InChI=1S/C15H16N4S/c1-9-13-14(18(2)17-9)19(15(20)16-13)12-7-6-10-4-3-5-11(10)8-12/h6-8H,3-5H2,1-2H3,(H,16,20). The van der Waals surface area contributed by atoms with Crippen LogP contribution in [0.25, 0.3) is 16.9 Å². The third-order valence-electron chi connectivity index (χ3n) is 4.18. The molecule has 0 fully saturated rings. The van der Waals surface area contributed by atoms with E-state index in [2.05, 4.69) is 32.8 Å². The fraction of sp³-hybridized carbons (Fsp3) is 0.333. The van der Waals surface area contributed by atoms with E-state index in [1.54, 1.807) is 0 Å². The molecule has 4 rings (SSSR count). The molecule has 5 heteroatoms. The van der Waals surface area contributed by atoms with Crippen LogP contribution in [0.15, 0.2) is 18.2 Å². The van der Waals surface area contributed by atoms with Crippen molar-refractivity contribution in [2.24, 2.45) is 7.05 Å². The average Bonchev–Trinajstić information content (AvgIpc) is 3.06. The molecule has 1 aromatic carbocycles. The molecule has 0 saturated heterocycles. The first-order valence-corrected chi connectivity index (χ1v) is 7.32. The number of nitrogens with one attached hydrogen (secondary N) is 1. The number of imidazole rings is 1. The van der Waals surface area contributed by atoms with Gasteiger partial charge in [-0.15, -0.1) is 0 Å². The first kappa shape index (κ1) is 11.9. The third kappa shape index (κ3) is 1.53. The Balaban J connectivity index is 2.03. The number of benzene rings is 1. The number of hydrogen-bond donors (Lipinski definition) is 1. The molecule has 4 nitrogen and oxygen atoms in total. The van der Waals surface area contributed by atoms with Crippen molar-refractivity contribution in [1.82, 2.24) is 19.3 Å². The first-order chi connectivity index (χ1) is 9.65. The highest BCUT2D eigenvalue weighted by Crippen LogP contribution is 2.27. The molecule has 1 N–H and O–H groups in total. The fourth-order valence-electron chi connectivity index (χ4n) is 3.24. The van der Waals surface area contributed by atoms with Crippen LogP contribution in [0.5, 0.6) is 0 Å². The molecule has 0 radical (unpaired) electrons. The third-order valence-corrected chi connectivity index (χ3v) is 4.46. The molecule has 1 aliphatic rings. The summed E-state index contributed by atoms with van der Waals surface area (Å²) in [7, 11) is 1.96. The van der Waals surface area contributed by atoms with E-state index in [1.165, 1.54) is 30.4 Å². The molecule has 20 heavy (non-hydrogen) atoms. The van der Waals surface area contributed by atoms with Crippen LogP contribution in [-0.4, -0.2) is 19.3 Å². The van der Waals surface area contributed by atoms with Crippen LogP contribution in [0.4, 0.5) is 0 Å². The van der Waals surface area contributed by atoms with Crippen molar-refractivity contribution in [3.8, 4) is 5.69 Å². The Bertz CT molecular complexity index is 881.